The van der Waals surface area contributed by atoms with Crippen molar-refractivity contribution in [1.29, 1.82) is 0 Å². The summed E-state index contributed by atoms with van der Waals surface area (Å²) in [6.07, 6.45) is 0. The normalized spacial score (nSPS) is 10.7. The number of halogens is 2. The molecule has 0 saturated carbocycles. The molecule has 0 aliphatic heterocycles. The number of pyridine rings is 1. The Labute approximate surface area is 127 Å². The summed E-state index contributed by atoms with van der Waals surface area (Å²) in [5, 5.41) is 3.22. The van der Waals surface area contributed by atoms with E-state index in [-0.39, 0.29) is 16.2 Å². The van der Waals surface area contributed by atoms with E-state index in [1.54, 1.807) is 19.9 Å². The number of aromatic nitrogens is 1. The maximum absolute atomic E-state index is 12.4. The fraction of sp³-hybridized carbons (Fsp3) is 0.286. The van der Waals surface area contributed by atoms with Crippen LogP contribution in [0.2, 0.25) is 10.3 Å². The Morgan fingerprint density at radius 2 is 1.85 bits per heavy atom. The SMILES string of the molecule is Cc1cc(Cl)nc(Cl)c1NC(=O)c1c(C)oc(C)c1C. The summed E-state index contributed by atoms with van der Waals surface area (Å²) in [7, 11) is 0. The van der Waals surface area contributed by atoms with Crippen LogP contribution in [0.4, 0.5) is 5.69 Å². The van der Waals surface area contributed by atoms with E-state index in [9.17, 15) is 4.79 Å². The number of carbonyl (C=O) groups excluding carboxylic acids is 1. The van der Waals surface area contributed by atoms with Gasteiger partial charge in [0.15, 0.2) is 5.15 Å². The second kappa shape index (κ2) is 5.46. The molecular weight excluding hydrogens is 299 g/mol. The molecule has 2 heterocycles. The maximum Gasteiger partial charge on any atom is 0.259 e. The quantitative estimate of drug-likeness (QED) is 0.832. The van der Waals surface area contributed by atoms with Gasteiger partial charge in [0.25, 0.3) is 5.91 Å². The molecule has 20 heavy (non-hydrogen) atoms. The monoisotopic (exact) mass is 312 g/mol. The van der Waals surface area contributed by atoms with E-state index in [4.69, 9.17) is 27.6 Å². The van der Waals surface area contributed by atoms with Gasteiger partial charge < -0.3 is 9.73 Å². The fourth-order valence-electron chi connectivity index (χ4n) is 2.05. The lowest BCUT2D eigenvalue weighted by molar-refractivity contribution is 0.102. The Balaban J connectivity index is 2.38. The number of nitrogens with one attached hydrogen (secondary N) is 1. The molecule has 4 nitrogen and oxygen atoms in total. The third-order valence-electron chi connectivity index (χ3n) is 3.17. The van der Waals surface area contributed by atoms with Crippen LogP contribution < -0.4 is 5.32 Å². The van der Waals surface area contributed by atoms with Gasteiger partial charge in [0, 0.05) is 5.56 Å². The molecule has 0 saturated heterocycles. The van der Waals surface area contributed by atoms with Crippen LogP contribution in [0.5, 0.6) is 0 Å². The number of carbonyl (C=O) groups is 1. The van der Waals surface area contributed by atoms with E-state index < -0.39 is 0 Å². The molecule has 0 atom stereocenters. The van der Waals surface area contributed by atoms with Crippen molar-refractivity contribution in [2.45, 2.75) is 27.7 Å². The number of anilines is 1. The number of furan rings is 1. The third-order valence-corrected chi connectivity index (χ3v) is 3.64. The minimum atomic E-state index is -0.272. The minimum Gasteiger partial charge on any atom is -0.466 e. The second-order valence-electron chi connectivity index (χ2n) is 4.60. The van der Waals surface area contributed by atoms with Crippen LogP contribution in [0.15, 0.2) is 10.5 Å². The molecule has 6 heteroatoms. The lowest BCUT2D eigenvalue weighted by Crippen LogP contribution is -2.15. The predicted octanol–water partition coefficient (Wildman–Crippen LogP) is 4.47. The Morgan fingerprint density at radius 1 is 1.20 bits per heavy atom. The number of aryl methyl sites for hydroxylation is 3. The molecule has 1 amide bonds. The Kier molecular flexibility index (Phi) is 4.06. The zero-order valence-corrected chi connectivity index (χ0v) is 13.1. The van der Waals surface area contributed by atoms with Crippen LogP contribution in [0.1, 0.15) is 33.0 Å². The Morgan fingerprint density at radius 3 is 2.35 bits per heavy atom. The highest BCUT2D eigenvalue weighted by Crippen LogP contribution is 2.28. The van der Waals surface area contributed by atoms with E-state index in [0.29, 0.717) is 17.0 Å². The van der Waals surface area contributed by atoms with E-state index in [1.807, 2.05) is 13.8 Å². The Hall–Kier alpha value is -1.52. The van der Waals surface area contributed by atoms with Gasteiger partial charge in [-0.25, -0.2) is 4.98 Å². The topological polar surface area (TPSA) is 55.1 Å². The van der Waals surface area contributed by atoms with Gasteiger partial charge in [-0.1, -0.05) is 23.2 Å². The van der Waals surface area contributed by atoms with Gasteiger partial charge in [-0.15, -0.1) is 0 Å². The lowest BCUT2D eigenvalue weighted by Gasteiger charge is -2.10. The van der Waals surface area contributed by atoms with Crippen LogP contribution in [0.25, 0.3) is 0 Å². The highest BCUT2D eigenvalue weighted by molar-refractivity contribution is 6.35. The molecule has 2 aromatic heterocycles. The molecular formula is C14H14Cl2N2O2. The fourth-order valence-corrected chi connectivity index (χ4v) is 2.63. The molecule has 2 rings (SSSR count). The summed E-state index contributed by atoms with van der Waals surface area (Å²) in [5.41, 5.74) is 2.54. The maximum atomic E-state index is 12.4. The van der Waals surface area contributed by atoms with Crippen molar-refractivity contribution in [1.82, 2.24) is 4.98 Å². The van der Waals surface area contributed by atoms with Crippen molar-refractivity contribution >= 4 is 34.8 Å². The molecule has 0 fully saturated rings. The van der Waals surface area contributed by atoms with Gasteiger partial charge in [-0.3, -0.25) is 4.79 Å². The van der Waals surface area contributed by atoms with Crippen LogP contribution in [-0.2, 0) is 0 Å². The lowest BCUT2D eigenvalue weighted by atomic mass is 10.1. The molecule has 0 spiro atoms. The molecule has 2 aromatic rings. The summed E-state index contributed by atoms with van der Waals surface area (Å²) >= 11 is 11.8. The number of rotatable bonds is 2. The number of hydrogen-bond donors (Lipinski definition) is 1. The van der Waals surface area contributed by atoms with Crippen LogP contribution in [0.3, 0.4) is 0 Å². The molecule has 0 unspecified atom stereocenters. The second-order valence-corrected chi connectivity index (χ2v) is 5.34. The van der Waals surface area contributed by atoms with Crippen molar-refractivity contribution in [3.8, 4) is 0 Å². The largest absolute Gasteiger partial charge is 0.466 e. The molecule has 0 bridgehead atoms. The molecule has 0 aliphatic carbocycles. The van der Waals surface area contributed by atoms with Crippen molar-refractivity contribution in [3.05, 3.63) is 44.6 Å². The summed E-state index contributed by atoms with van der Waals surface area (Å²) in [4.78, 5) is 16.3. The first kappa shape index (κ1) is 14.9. The van der Waals surface area contributed by atoms with Crippen molar-refractivity contribution < 1.29 is 9.21 Å². The van der Waals surface area contributed by atoms with Gasteiger partial charge in [-0.2, -0.15) is 0 Å². The van der Waals surface area contributed by atoms with E-state index in [0.717, 1.165) is 16.9 Å². The predicted molar refractivity (Wildman–Crippen MR) is 79.9 cm³/mol. The number of hydrogen-bond acceptors (Lipinski definition) is 3. The minimum absolute atomic E-state index is 0.166. The van der Waals surface area contributed by atoms with Gasteiger partial charge in [0.05, 0.1) is 11.3 Å². The first-order valence-electron chi connectivity index (χ1n) is 6.01. The summed E-state index contributed by atoms with van der Waals surface area (Å²) < 4.78 is 5.45. The highest BCUT2D eigenvalue weighted by Gasteiger charge is 2.20. The van der Waals surface area contributed by atoms with Gasteiger partial charge in [-0.05, 0) is 39.3 Å². The van der Waals surface area contributed by atoms with Crippen LogP contribution in [0, 0.1) is 27.7 Å². The number of nitrogens with zero attached hydrogens (tertiary/aromatic N) is 1. The first-order valence-corrected chi connectivity index (χ1v) is 6.77. The van der Waals surface area contributed by atoms with E-state index in [2.05, 4.69) is 10.3 Å². The smallest absolute Gasteiger partial charge is 0.259 e. The first-order chi connectivity index (χ1) is 9.31. The van der Waals surface area contributed by atoms with Crippen LogP contribution in [-0.4, -0.2) is 10.9 Å². The molecule has 106 valence electrons. The zero-order chi connectivity index (χ0) is 15.0. The summed E-state index contributed by atoms with van der Waals surface area (Å²) in [5.74, 6) is 1.03. The van der Waals surface area contributed by atoms with E-state index >= 15 is 0 Å². The zero-order valence-electron chi connectivity index (χ0n) is 11.6. The Bertz CT molecular complexity index is 670. The highest BCUT2D eigenvalue weighted by atomic mass is 35.5. The molecule has 0 aromatic carbocycles. The molecule has 0 radical (unpaired) electrons. The average molecular weight is 313 g/mol. The average Bonchev–Trinajstić information content (AvgIpc) is 2.58. The summed E-state index contributed by atoms with van der Waals surface area (Å²) in [6, 6.07) is 1.64. The van der Waals surface area contributed by atoms with Gasteiger partial charge in [0.1, 0.15) is 16.7 Å². The van der Waals surface area contributed by atoms with Gasteiger partial charge in [0.2, 0.25) is 0 Å². The van der Waals surface area contributed by atoms with Crippen molar-refractivity contribution in [2.24, 2.45) is 0 Å². The molecule has 1 N–H and O–H groups in total. The molecule has 0 aliphatic rings. The van der Waals surface area contributed by atoms with Crippen LogP contribution >= 0.6 is 23.2 Å². The summed E-state index contributed by atoms with van der Waals surface area (Å²) in [6.45, 7) is 7.22. The van der Waals surface area contributed by atoms with Crippen molar-refractivity contribution in [2.75, 3.05) is 5.32 Å². The van der Waals surface area contributed by atoms with E-state index in [1.165, 1.54) is 0 Å². The third kappa shape index (κ3) is 2.67. The van der Waals surface area contributed by atoms with Gasteiger partial charge >= 0.3 is 0 Å². The van der Waals surface area contributed by atoms with Crippen molar-refractivity contribution in [3.63, 3.8) is 0 Å². The number of amides is 1. The standard InChI is InChI=1S/C14H14Cl2N2O2/c1-6-5-10(15)17-13(16)12(6)18-14(19)11-7(2)8(3)20-9(11)4/h5H,1-4H3,(H,18,19).